The Kier molecular flexibility index (Phi) is 3.54. The maximum atomic E-state index is 12.2. The third-order valence-electron chi connectivity index (χ3n) is 3.01. The molecule has 0 aliphatic carbocycles. The number of sulfonamides is 1. The fraction of sp³-hybridized carbons (Fsp3) is 0.500. The number of carbonyl (C=O) groups excluding carboxylic acids is 1. The molecule has 0 unspecified atom stereocenters. The number of hydrogen-bond acceptors (Lipinski definition) is 4. The van der Waals surface area contributed by atoms with E-state index in [4.69, 9.17) is 4.74 Å². The standard InChI is InChI=1S/C14H19NO4S/c1-10-6-5-7-12-11(10)9-20(17,18)15(12)8-13(16)19-14(2,3)4/h5-7H,8-9H2,1-4H3. The first-order valence-electron chi connectivity index (χ1n) is 6.41. The number of fused-ring (bicyclic) bond motifs is 1. The number of ether oxygens (including phenoxy) is 1. The summed E-state index contributed by atoms with van der Waals surface area (Å²) in [5.41, 5.74) is 1.63. The van der Waals surface area contributed by atoms with E-state index in [2.05, 4.69) is 0 Å². The van der Waals surface area contributed by atoms with Gasteiger partial charge in [-0.3, -0.25) is 9.10 Å². The molecule has 5 nitrogen and oxygen atoms in total. The summed E-state index contributed by atoms with van der Waals surface area (Å²) in [4.78, 5) is 11.9. The van der Waals surface area contributed by atoms with E-state index in [0.717, 1.165) is 15.4 Å². The highest BCUT2D eigenvalue weighted by atomic mass is 32.2. The first kappa shape index (κ1) is 14.8. The molecule has 0 amide bonds. The summed E-state index contributed by atoms with van der Waals surface area (Å²) in [5, 5.41) is 0. The van der Waals surface area contributed by atoms with Crippen molar-refractivity contribution in [3.63, 3.8) is 0 Å². The molecule has 20 heavy (non-hydrogen) atoms. The molecule has 0 bridgehead atoms. The third-order valence-corrected chi connectivity index (χ3v) is 4.66. The van der Waals surface area contributed by atoms with Crippen LogP contribution in [0.3, 0.4) is 0 Å². The van der Waals surface area contributed by atoms with E-state index in [9.17, 15) is 13.2 Å². The van der Waals surface area contributed by atoms with Crippen molar-refractivity contribution < 1.29 is 17.9 Å². The van der Waals surface area contributed by atoms with Crippen molar-refractivity contribution in [3.8, 4) is 0 Å². The molecule has 1 aliphatic rings. The zero-order valence-corrected chi connectivity index (χ0v) is 13.0. The SMILES string of the molecule is Cc1cccc2c1CS(=O)(=O)N2CC(=O)OC(C)(C)C. The number of benzene rings is 1. The zero-order chi connectivity index (χ0) is 15.1. The number of esters is 1. The quantitative estimate of drug-likeness (QED) is 0.783. The monoisotopic (exact) mass is 297 g/mol. The molecule has 2 rings (SSSR count). The van der Waals surface area contributed by atoms with Crippen LogP contribution < -0.4 is 4.31 Å². The van der Waals surface area contributed by atoms with Crippen LogP contribution in [0, 0.1) is 6.92 Å². The first-order valence-corrected chi connectivity index (χ1v) is 8.02. The molecule has 1 aromatic rings. The van der Waals surface area contributed by atoms with Crippen molar-refractivity contribution in [2.45, 2.75) is 39.0 Å². The summed E-state index contributed by atoms with van der Waals surface area (Å²) < 4.78 is 30.7. The van der Waals surface area contributed by atoms with Crippen LogP contribution in [-0.4, -0.2) is 26.5 Å². The molecule has 1 heterocycles. The van der Waals surface area contributed by atoms with Crippen LogP contribution in [-0.2, 0) is 25.3 Å². The second-order valence-corrected chi connectivity index (χ2v) is 7.82. The molecule has 0 fully saturated rings. The van der Waals surface area contributed by atoms with Gasteiger partial charge in [-0.05, 0) is 44.9 Å². The van der Waals surface area contributed by atoms with Gasteiger partial charge < -0.3 is 4.74 Å². The Morgan fingerprint density at radius 1 is 1.35 bits per heavy atom. The Morgan fingerprint density at radius 2 is 2.00 bits per heavy atom. The van der Waals surface area contributed by atoms with Crippen LogP contribution in [0.15, 0.2) is 18.2 Å². The Labute approximate surface area is 119 Å². The minimum absolute atomic E-state index is 0.0577. The average Bonchev–Trinajstić information content (AvgIpc) is 2.50. The Hall–Kier alpha value is -1.56. The molecule has 0 saturated heterocycles. The Morgan fingerprint density at radius 3 is 2.60 bits per heavy atom. The van der Waals surface area contributed by atoms with E-state index in [1.54, 1.807) is 32.9 Å². The first-order chi connectivity index (χ1) is 9.10. The predicted octanol–water partition coefficient (Wildman–Crippen LogP) is 1.99. The second-order valence-electron chi connectivity index (χ2n) is 5.92. The molecule has 1 aliphatic heterocycles. The maximum absolute atomic E-state index is 12.2. The van der Waals surface area contributed by atoms with Gasteiger partial charge >= 0.3 is 5.97 Å². The fourth-order valence-corrected chi connectivity index (χ4v) is 3.86. The lowest BCUT2D eigenvalue weighted by Crippen LogP contribution is -2.36. The van der Waals surface area contributed by atoms with Crippen LogP contribution in [0.5, 0.6) is 0 Å². The van der Waals surface area contributed by atoms with Crippen LogP contribution in [0.2, 0.25) is 0 Å². The van der Waals surface area contributed by atoms with E-state index in [-0.39, 0.29) is 12.3 Å². The van der Waals surface area contributed by atoms with Crippen LogP contribution >= 0.6 is 0 Å². The molecule has 0 aromatic heterocycles. The lowest BCUT2D eigenvalue weighted by Gasteiger charge is -2.23. The van der Waals surface area contributed by atoms with Crippen molar-refractivity contribution in [2.75, 3.05) is 10.8 Å². The minimum Gasteiger partial charge on any atom is -0.459 e. The summed E-state index contributed by atoms with van der Waals surface area (Å²) in [6.45, 7) is 6.84. The van der Waals surface area contributed by atoms with Gasteiger partial charge in [0.15, 0.2) is 0 Å². The van der Waals surface area contributed by atoms with Crippen molar-refractivity contribution in [1.29, 1.82) is 0 Å². The molecule has 0 N–H and O–H groups in total. The van der Waals surface area contributed by atoms with Crippen molar-refractivity contribution in [2.24, 2.45) is 0 Å². The van der Waals surface area contributed by atoms with E-state index in [1.165, 1.54) is 0 Å². The maximum Gasteiger partial charge on any atom is 0.327 e. The highest BCUT2D eigenvalue weighted by Crippen LogP contribution is 2.35. The number of aryl methyl sites for hydroxylation is 1. The number of nitrogens with zero attached hydrogens (tertiary/aromatic N) is 1. The highest BCUT2D eigenvalue weighted by molar-refractivity contribution is 7.92. The van der Waals surface area contributed by atoms with Crippen LogP contribution in [0.25, 0.3) is 0 Å². The van der Waals surface area contributed by atoms with Gasteiger partial charge in [-0.25, -0.2) is 8.42 Å². The fourth-order valence-electron chi connectivity index (χ4n) is 2.19. The van der Waals surface area contributed by atoms with Crippen molar-refractivity contribution in [1.82, 2.24) is 0 Å². The molecule has 1 aromatic carbocycles. The lowest BCUT2D eigenvalue weighted by molar-refractivity contribution is -0.152. The molecular formula is C14H19NO4S. The molecule has 0 radical (unpaired) electrons. The average molecular weight is 297 g/mol. The number of carbonyl (C=O) groups is 1. The Bertz CT molecular complexity index is 644. The molecule has 6 heteroatoms. The minimum atomic E-state index is -3.49. The third kappa shape index (κ3) is 2.95. The normalized spacial score (nSPS) is 16.9. The van der Waals surface area contributed by atoms with E-state index >= 15 is 0 Å². The van der Waals surface area contributed by atoms with Crippen LogP contribution in [0.1, 0.15) is 31.9 Å². The molecule has 110 valence electrons. The summed E-state index contributed by atoms with van der Waals surface area (Å²) in [6, 6.07) is 5.37. The number of hydrogen-bond donors (Lipinski definition) is 0. The van der Waals surface area contributed by atoms with Gasteiger partial charge in [-0.2, -0.15) is 0 Å². The van der Waals surface area contributed by atoms with Gasteiger partial charge in [-0.1, -0.05) is 12.1 Å². The van der Waals surface area contributed by atoms with Gasteiger partial charge in [0, 0.05) is 0 Å². The van der Waals surface area contributed by atoms with Gasteiger partial charge in [0.2, 0.25) is 10.0 Å². The lowest BCUT2D eigenvalue weighted by atomic mass is 10.1. The zero-order valence-electron chi connectivity index (χ0n) is 12.1. The molecule has 0 spiro atoms. The van der Waals surface area contributed by atoms with Gasteiger partial charge in [0.05, 0.1) is 11.4 Å². The van der Waals surface area contributed by atoms with E-state index in [0.29, 0.717) is 5.69 Å². The van der Waals surface area contributed by atoms with Crippen LogP contribution in [0.4, 0.5) is 5.69 Å². The van der Waals surface area contributed by atoms with Gasteiger partial charge in [-0.15, -0.1) is 0 Å². The summed E-state index contributed by atoms with van der Waals surface area (Å²) >= 11 is 0. The van der Waals surface area contributed by atoms with E-state index < -0.39 is 21.6 Å². The molecule has 0 saturated carbocycles. The number of anilines is 1. The smallest absolute Gasteiger partial charge is 0.327 e. The van der Waals surface area contributed by atoms with Gasteiger partial charge in [0.1, 0.15) is 12.1 Å². The highest BCUT2D eigenvalue weighted by Gasteiger charge is 2.36. The molecular weight excluding hydrogens is 278 g/mol. The Balaban J connectivity index is 2.29. The number of rotatable bonds is 2. The van der Waals surface area contributed by atoms with E-state index in [1.807, 2.05) is 13.0 Å². The van der Waals surface area contributed by atoms with Crippen molar-refractivity contribution >= 4 is 21.7 Å². The largest absolute Gasteiger partial charge is 0.459 e. The topological polar surface area (TPSA) is 63.7 Å². The second kappa shape index (κ2) is 4.77. The predicted molar refractivity (Wildman–Crippen MR) is 77.0 cm³/mol. The summed E-state index contributed by atoms with van der Waals surface area (Å²) in [5.74, 6) is -0.604. The molecule has 0 atom stereocenters. The summed E-state index contributed by atoms with van der Waals surface area (Å²) in [6.07, 6.45) is 0. The van der Waals surface area contributed by atoms with Gasteiger partial charge in [0.25, 0.3) is 0 Å². The van der Waals surface area contributed by atoms with Crippen molar-refractivity contribution in [3.05, 3.63) is 29.3 Å². The summed E-state index contributed by atoms with van der Waals surface area (Å²) in [7, 11) is -3.49.